The van der Waals surface area contributed by atoms with Gasteiger partial charge in [0.05, 0.1) is 11.0 Å². The molecule has 0 saturated heterocycles. The summed E-state index contributed by atoms with van der Waals surface area (Å²) in [6.45, 7) is 8.82. The molecule has 0 saturated carbocycles. The van der Waals surface area contributed by atoms with Gasteiger partial charge in [0.15, 0.2) is 0 Å². The van der Waals surface area contributed by atoms with Crippen LogP contribution in [0.5, 0.6) is 0 Å². The zero-order valence-electron chi connectivity index (χ0n) is 19.1. The normalized spacial score (nSPS) is 11.7. The van der Waals surface area contributed by atoms with Crippen LogP contribution in [-0.2, 0) is 0 Å². The third-order valence-corrected chi connectivity index (χ3v) is 6.15. The van der Waals surface area contributed by atoms with Crippen molar-refractivity contribution in [1.29, 1.82) is 0 Å². The van der Waals surface area contributed by atoms with Crippen molar-refractivity contribution in [3.05, 3.63) is 96.3 Å². The minimum absolute atomic E-state index is 0.332. The van der Waals surface area contributed by atoms with Crippen LogP contribution >= 0.6 is 0 Å². The SMILES string of the molecule is CC(C)c1cc(-c2ccccc2)c2ccc3c(-c4ccccc4)cc(C(C)C)nc3c2n1. The molecular formula is C30H28N2. The Kier molecular flexibility index (Phi) is 5.22. The largest absolute Gasteiger partial charge is 0.250 e. The van der Waals surface area contributed by atoms with E-state index < -0.39 is 0 Å². The lowest BCUT2D eigenvalue weighted by molar-refractivity contribution is 0.826. The summed E-state index contributed by atoms with van der Waals surface area (Å²) < 4.78 is 0. The number of nitrogens with zero attached hydrogens (tertiary/aromatic N) is 2. The first-order valence-corrected chi connectivity index (χ1v) is 11.4. The maximum absolute atomic E-state index is 5.16. The van der Waals surface area contributed by atoms with E-state index in [4.69, 9.17) is 9.97 Å². The van der Waals surface area contributed by atoms with Crippen LogP contribution in [0.25, 0.3) is 44.1 Å². The number of fused-ring (bicyclic) bond motifs is 3. The lowest BCUT2D eigenvalue weighted by atomic mass is 9.93. The summed E-state index contributed by atoms with van der Waals surface area (Å²) in [5.74, 6) is 0.665. The molecule has 3 aromatic carbocycles. The summed E-state index contributed by atoms with van der Waals surface area (Å²) in [7, 11) is 0. The average molecular weight is 417 g/mol. The molecule has 5 aromatic rings. The fourth-order valence-electron chi connectivity index (χ4n) is 4.32. The minimum Gasteiger partial charge on any atom is -0.250 e. The maximum atomic E-state index is 5.16. The standard InChI is InChI=1S/C30H28N2/c1-19(2)27-17-25(21-11-7-5-8-12-21)23-15-16-24-26(22-13-9-6-10-14-22)18-28(20(3)4)32-30(24)29(23)31-27/h5-20H,1-4H3. The second-order valence-electron chi connectivity index (χ2n) is 9.09. The molecule has 158 valence electrons. The highest BCUT2D eigenvalue weighted by atomic mass is 14.8. The first-order valence-electron chi connectivity index (χ1n) is 11.4. The van der Waals surface area contributed by atoms with Gasteiger partial charge in [-0.2, -0.15) is 0 Å². The van der Waals surface area contributed by atoms with Gasteiger partial charge in [-0.25, -0.2) is 0 Å². The Bertz CT molecular complexity index is 1290. The van der Waals surface area contributed by atoms with E-state index in [0.29, 0.717) is 11.8 Å². The molecule has 0 radical (unpaired) electrons. The van der Waals surface area contributed by atoms with Crippen LogP contribution < -0.4 is 0 Å². The van der Waals surface area contributed by atoms with Crippen molar-refractivity contribution < 1.29 is 0 Å². The maximum Gasteiger partial charge on any atom is 0.0974 e. The van der Waals surface area contributed by atoms with Gasteiger partial charge < -0.3 is 0 Å². The highest BCUT2D eigenvalue weighted by Gasteiger charge is 2.17. The van der Waals surface area contributed by atoms with Gasteiger partial charge in [-0.3, -0.25) is 9.97 Å². The van der Waals surface area contributed by atoms with Crippen molar-refractivity contribution in [1.82, 2.24) is 9.97 Å². The molecule has 0 spiro atoms. The highest BCUT2D eigenvalue weighted by Crippen LogP contribution is 2.38. The number of hydrogen-bond donors (Lipinski definition) is 0. The van der Waals surface area contributed by atoms with E-state index in [0.717, 1.165) is 33.2 Å². The van der Waals surface area contributed by atoms with Crippen LogP contribution in [0.3, 0.4) is 0 Å². The van der Waals surface area contributed by atoms with E-state index in [1.807, 2.05) is 0 Å². The van der Waals surface area contributed by atoms with Crippen LogP contribution in [0.1, 0.15) is 50.9 Å². The van der Waals surface area contributed by atoms with Crippen molar-refractivity contribution in [2.75, 3.05) is 0 Å². The van der Waals surface area contributed by atoms with Gasteiger partial charge in [-0.05, 0) is 46.2 Å². The predicted molar refractivity (Wildman–Crippen MR) is 136 cm³/mol. The summed E-state index contributed by atoms with van der Waals surface area (Å²) in [6, 6.07) is 30.2. The lowest BCUT2D eigenvalue weighted by Crippen LogP contribution is -2.00. The predicted octanol–water partition coefficient (Wildman–Crippen LogP) is 8.36. The van der Waals surface area contributed by atoms with Crippen LogP contribution in [0.4, 0.5) is 0 Å². The average Bonchev–Trinajstić information content (AvgIpc) is 2.83. The molecule has 0 aliphatic rings. The zero-order valence-corrected chi connectivity index (χ0v) is 19.1. The molecule has 32 heavy (non-hydrogen) atoms. The number of rotatable bonds is 4. The molecule has 0 aliphatic carbocycles. The molecule has 0 N–H and O–H groups in total. The van der Waals surface area contributed by atoms with Crippen molar-refractivity contribution in [3.8, 4) is 22.3 Å². The van der Waals surface area contributed by atoms with Gasteiger partial charge in [0.25, 0.3) is 0 Å². The van der Waals surface area contributed by atoms with Gasteiger partial charge in [0.1, 0.15) is 0 Å². The number of aromatic nitrogens is 2. The summed E-state index contributed by atoms with van der Waals surface area (Å²) in [4.78, 5) is 10.3. The monoisotopic (exact) mass is 416 g/mol. The van der Waals surface area contributed by atoms with E-state index in [1.54, 1.807) is 0 Å². The molecule has 0 fully saturated rings. The minimum atomic E-state index is 0.332. The second kappa shape index (κ2) is 8.20. The van der Waals surface area contributed by atoms with Crippen LogP contribution in [0.2, 0.25) is 0 Å². The molecule has 5 rings (SSSR count). The van der Waals surface area contributed by atoms with E-state index in [2.05, 4.69) is 113 Å². The molecule has 2 nitrogen and oxygen atoms in total. The molecular weight excluding hydrogens is 388 g/mol. The molecule has 0 atom stereocenters. The van der Waals surface area contributed by atoms with Gasteiger partial charge in [0, 0.05) is 22.2 Å². The van der Waals surface area contributed by atoms with Crippen molar-refractivity contribution in [3.63, 3.8) is 0 Å². The smallest absolute Gasteiger partial charge is 0.0974 e. The van der Waals surface area contributed by atoms with Crippen LogP contribution in [0.15, 0.2) is 84.9 Å². The topological polar surface area (TPSA) is 25.8 Å². The molecule has 0 bridgehead atoms. The van der Waals surface area contributed by atoms with E-state index in [-0.39, 0.29) is 0 Å². The Labute approximate surface area is 190 Å². The summed E-state index contributed by atoms with van der Waals surface area (Å²) in [6.07, 6.45) is 0. The molecule has 2 heteroatoms. The van der Waals surface area contributed by atoms with Crippen molar-refractivity contribution >= 4 is 21.8 Å². The van der Waals surface area contributed by atoms with Gasteiger partial charge in [0.2, 0.25) is 0 Å². The fraction of sp³-hybridized carbons (Fsp3) is 0.200. The molecule has 2 aromatic heterocycles. The Morgan fingerprint density at radius 3 is 1.22 bits per heavy atom. The van der Waals surface area contributed by atoms with E-state index in [1.165, 1.54) is 22.3 Å². The first kappa shape index (κ1) is 20.4. The Hall–Kier alpha value is -3.52. The van der Waals surface area contributed by atoms with Crippen molar-refractivity contribution in [2.45, 2.75) is 39.5 Å². The fourth-order valence-corrected chi connectivity index (χ4v) is 4.32. The lowest BCUT2D eigenvalue weighted by Gasteiger charge is -2.17. The number of pyridine rings is 2. The van der Waals surface area contributed by atoms with E-state index in [9.17, 15) is 0 Å². The quantitative estimate of drug-likeness (QED) is 0.275. The van der Waals surface area contributed by atoms with Gasteiger partial charge in [-0.1, -0.05) is 100 Å². The summed E-state index contributed by atoms with van der Waals surface area (Å²) in [5.41, 5.74) is 9.05. The molecule has 0 aliphatic heterocycles. The van der Waals surface area contributed by atoms with Crippen LogP contribution in [-0.4, -0.2) is 9.97 Å². The second-order valence-corrected chi connectivity index (χ2v) is 9.09. The highest BCUT2D eigenvalue weighted by molar-refractivity contribution is 6.12. The summed E-state index contributed by atoms with van der Waals surface area (Å²) in [5, 5.41) is 2.31. The Balaban J connectivity index is 1.92. The summed E-state index contributed by atoms with van der Waals surface area (Å²) >= 11 is 0. The Morgan fingerprint density at radius 2 is 0.875 bits per heavy atom. The third-order valence-electron chi connectivity index (χ3n) is 6.15. The number of benzene rings is 3. The molecule has 0 amide bonds. The zero-order chi connectivity index (χ0) is 22.2. The van der Waals surface area contributed by atoms with Gasteiger partial charge in [-0.15, -0.1) is 0 Å². The third kappa shape index (κ3) is 3.56. The number of hydrogen-bond acceptors (Lipinski definition) is 2. The van der Waals surface area contributed by atoms with Crippen molar-refractivity contribution in [2.24, 2.45) is 0 Å². The van der Waals surface area contributed by atoms with Gasteiger partial charge >= 0.3 is 0 Å². The Morgan fingerprint density at radius 1 is 0.500 bits per heavy atom. The molecule has 0 unspecified atom stereocenters. The van der Waals surface area contributed by atoms with E-state index >= 15 is 0 Å². The van der Waals surface area contributed by atoms with Crippen LogP contribution in [0, 0.1) is 0 Å². The first-order chi connectivity index (χ1) is 15.5. The molecule has 2 heterocycles.